The van der Waals surface area contributed by atoms with Gasteiger partial charge >= 0.3 is 6.18 Å². The van der Waals surface area contributed by atoms with E-state index in [4.69, 9.17) is 4.74 Å². The van der Waals surface area contributed by atoms with Gasteiger partial charge in [0.05, 0.1) is 11.8 Å². The monoisotopic (exact) mass is 486 g/mol. The van der Waals surface area contributed by atoms with Crippen molar-refractivity contribution in [3.8, 4) is 11.4 Å². The van der Waals surface area contributed by atoms with Crippen molar-refractivity contribution in [2.45, 2.75) is 69.4 Å². The Balaban J connectivity index is 1.41. The average Bonchev–Trinajstić information content (AvgIpc) is 3.57. The van der Waals surface area contributed by atoms with E-state index in [1.54, 1.807) is 18.2 Å². The molecule has 2 N–H and O–H groups in total. The Morgan fingerprint density at radius 1 is 1.03 bits per heavy atom. The van der Waals surface area contributed by atoms with Crippen molar-refractivity contribution in [1.82, 2.24) is 30.8 Å². The molecule has 0 spiro atoms. The number of halogens is 3. The molecule has 1 aliphatic heterocycles. The van der Waals surface area contributed by atoms with Crippen molar-refractivity contribution in [2.24, 2.45) is 0 Å². The average molecular weight is 487 g/mol. The number of aromatic nitrogens is 4. The van der Waals surface area contributed by atoms with Crippen molar-refractivity contribution in [1.29, 1.82) is 0 Å². The molecule has 5 rings (SSSR count). The highest BCUT2D eigenvalue weighted by Crippen LogP contribution is 2.32. The number of piperidine rings is 1. The van der Waals surface area contributed by atoms with Crippen LogP contribution in [0.3, 0.4) is 0 Å². The zero-order chi connectivity index (χ0) is 24.3. The van der Waals surface area contributed by atoms with E-state index in [0.29, 0.717) is 12.3 Å². The molecule has 186 valence electrons. The van der Waals surface area contributed by atoms with Crippen LogP contribution >= 0.6 is 0 Å². The Kier molecular flexibility index (Phi) is 7.01. The van der Waals surface area contributed by atoms with E-state index in [1.165, 1.54) is 5.56 Å². The standard InChI is InChI=1S/C25H29F3N6O/c26-25(27,28)24-31-32-33-34(24)19-12-13-22(35-20-9-4-5-10-20)18(15-19)16-30-21-11-6-14-29-23(21)17-7-2-1-3-8-17/h1-3,7-8,12-13,15,20-21,23,29-30H,4-6,9-11,14,16H2. The lowest BCUT2D eigenvalue weighted by Crippen LogP contribution is -2.45. The van der Waals surface area contributed by atoms with Gasteiger partial charge in [0.15, 0.2) is 0 Å². The van der Waals surface area contributed by atoms with Gasteiger partial charge in [0.1, 0.15) is 5.75 Å². The highest BCUT2D eigenvalue weighted by Gasteiger charge is 2.38. The normalized spacial score (nSPS) is 21.3. The summed E-state index contributed by atoms with van der Waals surface area (Å²) < 4.78 is 47.2. The molecule has 2 aliphatic rings. The molecule has 2 atom stereocenters. The van der Waals surface area contributed by atoms with Crippen LogP contribution in [-0.4, -0.2) is 38.9 Å². The lowest BCUT2D eigenvalue weighted by Gasteiger charge is -2.34. The number of nitrogens with zero attached hydrogens (tertiary/aromatic N) is 4. The molecule has 7 nitrogen and oxygen atoms in total. The Morgan fingerprint density at radius 3 is 2.60 bits per heavy atom. The van der Waals surface area contributed by atoms with E-state index in [9.17, 15) is 13.2 Å². The van der Waals surface area contributed by atoms with Gasteiger partial charge in [-0.3, -0.25) is 0 Å². The topological polar surface area (TPSA) is 76.9 Å². The van der Waals surface area contributed by atoms with Gasteiger partial charge in [0.2, 0.25) is 0 Å². The molecule has 0 amide bonds. The van der Waals surface area contributed by atoms with Gasteiger partial charge in [0.25, 0.3) is 5.82 Å². The zero-order valence-electron chi connectivity index (χ0n) is 19.3. The first-order chi connectivity index (χ1) is 17.0. The summed E-state index contributed by atoms with van der Waals surface area (Å²) in [5.74, 6) is -0.462. The largest absolute Gasteiger partial charge is 0.490 e. The SMILES string of the molecule is FC(F)(F)c1nnnn1-c1ccc(OC2CCCC2)c(CNC2CCCNC2c2ccccc2)c1. The number of rotatable bonds is 7. The lowest BCUT2D eigenvalue weighted by molar-refractivity contribution is -0.146. The van der Waals surface area contributed by atoms with Gasteiger partial charge < -0.3 is 15.4 Å². The molecule has 2 aromatic carbocycles. The van der Waals surface area contributed by atoms with E-state index in [2.05, 4.69) is 38.3 Å². The molecule has 2 fully saturated rings. The van der Waals surface area contributed by atoms with E-state index < -0.39 is 12.0 Å². The minimum absolute atomic E-state index is 0.131. The number of ether oxygens (including phenoxy) is 1. The second-order valence-corrected chi connectivity index (χ2v) is 9.20. The second-order valence-electron chi connectivity index (χ2n) is 9.20. The molecular weight excluding hydrogens is 457 g/mol. The van der Waals surface area contributed by atoms with Crippen LogP contribution < -0.4 is 15.4 Å². The Labute approximate surface area is 202 Å². The Morgan fingerprint density at radius 2 is 1.83 bits per heavy atom. The Bertz CT molecular complexity index is 1110. The summed E-state index contributed by atoms with van der Waals surface area (Å²) in [7, 11) is 0. The summed E-state index contributed by atoms with van der Waals surface area (Å²) >= 11 is 0. The Hall–Kier alpha value is -2.98. The summed E-state index contributed by atoms with van der Waals surface area (Å²) in [5.41, 5.74) is 2.25. The number of hydrogen-bond acceptors (Lipinski definition) is 6. The predicted molar refractivity (Wildman–Crippen MR) is 124 cm³/mol. The highest BCUT2D eigenvalue weighted by atomic mass is 19.4. The molecule has 3 aromatic rings. The number of benzene rings is 2. The van der Waals surface area contributed by atoms with Gasteiger partial charge in [-0.2, -0.15) is 17.9 Å². The van der Waals surface area contributed by atoms with Crippen LogP contribution in [0.5, 0.6) is 5.75 Å². The molecule has 2 unspecified atom stereocenters. The summed E-state index contributed by atoms with van der Waals surface area (Å²) in [6.07, 6.45) is 1.75. The van der Waals surface area contributed by atoms with Crippen molar-refractivity contribution >= 4 is 0 Å². The summed E-state index contributed by atoms with van der Waals surface area (Å²) in [5, 5.41) is 17.3. The maximum atomic E-state index is 13.4. The third-order valence-electron chi connectivity index (χ3n) is 6.78. The summed E-state index contributed by atoms with van der Waals surface area (Å²) in [6, 6.07) is 15.6. The zero-order valence-corrected chi connectivity index (χ0v) is 19.3. The van der Waals surface area contributed by atoms with Gasteiger partial charge in [-0.25, -0.2) is 0 Å². The molecule has 1 aliphatic carbocycles. The van der Waals surface area contributed by atoms with Crippen molar-refractivity contribution in [3.05, 3.63) is 65.5 Å². The molecule has 1 saturated carbocycles. The smallest absolute Gasteiger partial charge is 0.453 e. The predicted octanol–water partition coefficient (Wildman–Crippen LogP) is 4.59. The third kappa shape index (κ3) is 5.48. The lowest BCUT2D eigenvalue weighted by atomic mass is 9.92. The highest BCUT2D eigenvalue weighted by molar-refractivity contribution is 5.44. The molecule has 1 saturated heterocycles. The van der Waals surface area contributed by atoms with Gasteiger partial charge in [-0.1, -0.05) is 30.3 Å². The van der Waals surface area contributed by atoms with E-state index in [-0.39, 0.29) is 23.9 Å². The molecule has 10 heteroatoms. The number of tetrazole rings is 1. The van der Waals surface area contributed by atoms with Crippen LogP contribution in [0.1, 0.15) is 61.5 Å². The molecule has 0 bridgehead atoms. The van der Waals surface area contributed by atoms with E-state index in [1.807, 2.05) is 18.2 Å². The van der Waals surface area contributed by atoms with Crippen molar-refractivity contribution < 1.29 is 17.9 Å². The molecule has 35 heavy (non-hydrogen) atoms. The molecule has 0 radical (unpaired) electrons. The molecule has 1 aromatic heterocycles. The number of hydrogen-bond donors (Lipinski definition) is 2. The first kappa shape index (κ1) is 23.7. The van der Waals surface area contributed by atoms with Crippen LogP contribution in [0.4, 0.5) is 13.2 Å². The fourth-order valence-corrected chi connectivity index (χ4v) is 5.03. The first-order valence-corrected chi connectivity index (χ1v) is 12.2. The van der Waals surface area contributed by atoms with E-state index in [0.717, 1.165) is 55.3 Å². The van der Waals surface area contributed by atoms with Crippen molar-refractivity contribution in [2.75, 3.05) is 6.54 Å². The molecule has 2 heterocycles. The van der Waals surface area contributed by atoms with Crippen LogP contribution in [0, 0.1) is 0 Å². The quantitative estimate of drug-likeness (QED) is 0.509. The number of alkyl halides is 3. The third-order valence-corrected chi connectivity index (χ3v) is 6.78. The van der Waals surface area contributed by atoms with Crippen molar-refractivity contribution in [3.63, 3.8) is 0 Å². The van der Waals surface area contributed by atoms with Gasteiger partial charge in [-0.05, 0) is 79.3 Å². The van der Waals surface area contributed by atoms with Crippen LogP contribution in [0.2, 0.25) is 0 Å². The maximum Gasteiger partial charge on any atom is 0.453 e. The van der Waals surface area contributed by atoms with Crippen LogP contribution in [0.25, 0.3) is 5.69 Å². The minimum atomic E-state index is -4.66. The minimum Gasteiger partial charge on any atom is -0.490 e. The fourth-order valence-electron chi connectivity index (χ4n) is 5.03. The maximum absolute atomic E-state index is 13.4. The summed E-state index contributed by atoms with van der Waals surface area (Å²) in [4.78, 5) is 0. The fraction of sp³-hybridized carbons (Fsp3) is 0.480. The molecular formula is C25H29F3N6O. The van der Waals surface area contributed by atoms with Gasteiger partial charge in [0, 0.05) is 24.2 Å². The van der Waals surface area contributed by atoms with Crippen LogP contribution in [-0.2, 0) is 12.7 Å². The van der Waals surface area contributed by atoms with Crippen LogP contribution in [0.15, 0.2) is 48.5 Å². The second kappa shape index (κ2) is 10.3. The van der Waals surface area contributed by atoms with E-state index >= 15 is 0 Å². The van der Waals surface area contributed by atoms with Gasteiger partial charge in [-0.15, -0.1) is 5.10 Å². The summed E-state index contributed by atoms with van der Waals surface area (Å²) in [6.45, 7) is 1.40. The number of nitrogens with one attached hydrogen (secondary N) is 2. The first-order valence-electron chi connectivity index (χ1n) is 12.2.